The minimum absolute atomic E-state index is 0.106. The highest BCUT2D eigenvalue weighted by molar-refractivity contribution is 5.79. The van der Waals surface area contributed by atoms with Crippen LogP contribution in [0.1, 0.15) is 25.7 Å². The number of aromatic nitrogens is 2. The Morgan fingerprint density at radius 2 is 1.74 bits per heavy atom. The molecule has 0 bridgehead atoms. The molecule has 8 heteroatoms. The highest BCUT2D eigenvalue weighted by atomic mass is 16.7. The van der Waals surface area contributed by atoms with Crippen molar-refractivity contribution < 1.29 is 14.3 Å². The van der Waals surface area contributed by atoms with Crippen molar-refractivity contribution in [3.63, 3.8) is 0 Å². The third-order valence-corrected chi connectivity index (χ3v) is 5.91. The Balaban J connectivity index is 1.28. The van der Waals surface area contributed by atoms with Crippen LogP contribution in [0.3, 0.4) is 0 Å². The molecule has 1 aromatic rings. The quantitative estimate of drug-likeness (QED) is 0.784. The van der Waals surface area contributed by atoms with Gasteiger partial charge in [-0.25, -0.2) is 0 Å². The molecule has 8 nitrogen and oxygen atoms in total. The van der Waals surface area contributed by atoms with Crippen molar-refractivity contribution in [3.05, 3.63) is 12.1 Å². The van der Waals surface area contributed by atoms with Crippen LogP contribution >= 0.6 is 0 Å². The summed E-state index contributed by atoms with van der Waals surface area (Å²) in [7, 11) is 3.91. The minimum Gasteiger partial charge on any atom is -0.361 e. The van der Waals surface area contributed by atoms with Crippen molar-refractivity contribution in [3.8, 4) is 0 Å². The molecule has 3 aliphatic heterocycles. The number of carbonyl (C=O) groups excluding carboxylic acids is 1. The third kappa shape index (κ3) is 3.87. The van der Waals surface area contributed by atoms with Gasteiger partial charge in [-0.1, -0.05) is 0 Å². The predicted octanol–water partition coefficient (Wildman–Crippen LogP) is 1.12. The molecule has 27 heavy (non-hydrogen) atoms. The molecule has 3 saturated heterocycles. The number of likely N-dealkylation sites (tertiary alicyclic amines) is 1. The number of hydrogen-bond acceptors (Lipinski definition) is 7. The molecule has 0 aliphatic carbocycles. The number of rotatable bonds is 3. The second kappa shape index (κ2) is 7.59. The summed E-state index contributed by atoms with van der Waals surface area (Å²) in [6.45, 7) is 4.50. The summed E-state index contributed by atoms with van der Waals surface area (Å²) in [5, 5.41) is 8.59. The molecule has 4 heterocycles. The molecule has 0 saturated carbocycles. The Morgan fingerprint density at radius 1 is 1.07 bits per heavy atom. The van der Waals surface area contributed by atoms with Crippen LogP contribution in [0.4, 0.5) is 11.6 Å². The zero-order valence-electron chi connectivity index (χ0n) is 16.3. The van der Waals surface area contributed by atoms with E-state index in [9.17, 15) is 4.79 Å². The number of carbonyl (C=O) groups is 1. The first-order valence-corrected chi connectivity index (χ1v) is 9.89. The molecular weight excluding hydrogens is 346 g/mol. The Morgan fingerprint density at radius 3 is 2.30 bits per heavy atom. The van der Waals surface area contributed by atoms with Crippen LogP contribution in [-0.2, 0) is 14.3 Å². The van der Waals surface area contributed by atoms with Crippen molar-refractivity contribution in [2.45, 2.75) is 31.5 Å². The fraction of sp³-hybridized carbons (Fsp3) is 0.737. The average molecular weight is 375 g/mol. The molecule has 1 amide bonds. The number of anilines is 2. The second-order valence-electron chi connectivity index (χ2n) is 7.84. The van der Waals surface area contributed by atoms with E-state index in [2.05, 4.69) is 15.1 Å². The van der Waals surface area contributed by atoms with Gasteiger partial charge in [-0.15, -0.1) is 10.2 Å². The number of amides is 1. The number of hydrogen-bond donors (Lipinski definition) is 0. The number of nitrogens with zero attached hydrogens (tertiary/aromatic N) is 5. The van der Waals surface area contributed by atoms with Crippen LogP contribution in [0.25, 0.3) is 0 Å². The van der Waals surface area contributed by atoms with Crippen LogP contribution in [0.15, 0.2) is 12.1 Å². The van der Waals surface area contributed by atoms with Crippen LogP contribution < -0.4 is 9.80 Å². The second-order valence-corrected chi connectivity index (χ2v) is 7.84. The first kappa shape index (κ1) is 18.4. The predicted molar refractivity (Wildman–Crippen MR) is 102 cm³/mol. The number of ether oxygens (including phenoxy) is 2. The first-order chi connectivity index (χ1) is 13.1. The smallest absolute Gasteiger partial charge is 0.225 e. The summed E-state index contributed by atoms with van der Waals surface area (Å²) in [6, 6.07) is 3.99. The van der Waals surface area contributed by atoms with E-state index < -0.39 is 5.79 Å². The van der Waals surface area contributed by atoms with Gasteiger partial charge in [-0.05, 0) is 25.0 Å². The van der Waals surface area contributed by atoms with E-state index in [0.29, 0.717) is 13.2 Å². The lowest BCUT2D eigenvalue weighted by Crippen LogP contribution is -2.50. The maximum atomic E-state index is 12.9. The van der Waals surface area contributed by atoms with E-state index in [-0.39, 0.29) is 11.8 Å². The van der Waals surface area contributed by atoms with Crippen molar-refractivity contribution in [2.24, 2.45) is 5.92 Å². The van der Waals surface area contributed by atoms with Crippen molar-refractivity contribution in [2.75, 3.05) is 63.3 Å². The molecule has 0 N–H and O–H groups in total. The Hall–Kier alpha value is -1.93. The van der Waals surface area contributed by atoms with Crippen LogP contribution in [0.5, 0.6) is 0 Å². The van der Waals surface area contributed by atoms with Crippen molar-refractivity contribution in [1.82, 2.24) is 15.1 Å². The number of piperidine rings is 2. The zero-order chi connectivity index (χ0) is 18.9. The minimum atomic E-state index is -0.419. The van der Waals surface area contributed by atoms with Crippen LogP contribution in [0, 0.1) is 5.92 Å². The van der Waals surface area contributed by atoms with E-state index in [0.717, 1.165) is 63.5 Å². The molecular formula is C19H29N5O3. The van der Waals surface area contributed by atoms with Gasteiger partial charge in [-0.3, -0.25) is 4.79 Å². The maximum absolute atomic E-state index is 12.9. The first-order valence-electron chi connectivity index (χ1n) is 9.89. The highest BCUT2D eigenvalue weighted by Gasteiger charge is 2.41. The van der Waals surface area contributed by atoms with Crippen molar-refractivity contribution >= 4 is 17.5 Å². The fourth-order valence-corrected chi connectivity index (χ4v) is 4.19. The standard InChI is InChI=1S/C19H29N5O3/c1-22(2)16-3-4-17(21-20-16)23-9-5-15(6-10-23)18(25)24-11-7-19(8-12-24)26-13-14-27-19/h3-4,15H,5-14H2,1-2H3. The molecule has 0 aromatic carbocycles. The summed E-state index contributed by atoms with van der Waals surface area (Å²) in [5.41, 5.74) is 0. The third-order valence-electron chi connectivity index (χ3n) is 5.91. The molecule has 148 valence electrons. The van der Waals surface area contributed by atoms with Gasteiger partial charge in [0.05, 0.1) is 13.2 Å². The van der Waals surface area contributed by atoms with Gasteiger partial charge in [-0.2, -0.15) is 0 Å². The molecule has 0 radical (unpaired) electrons. The van der Waals surface area contributed by atoms with Gasteiger partial charge in [0.15, 0.2) is 17.4 Å². The van der Waals surface area contributed by atoms with Crippen LogP contribution in [0.2, 0.25) is 0 Å². The Labute approximate surface area is 160 Å². The van der Waals surface area contributed by atoms with Gasteiger partial charge in [0.2, 0.25) is 5.91 Å². The molecule has 3 aliphatic rings. The van der Waals surface area contributed by atoms with E-state index in [1.165, 1.54) is 0 Å². The molecule has 1 aromatic heterocycles. The summed E-state index contributed by atoms with van der Waals surface area (Å²) < 4.78 is 11.5. The lowest BCUT2D eigenvalue weighted by atomic mass is 9.93. The Kier molecular flexibility index (Phi) is 5.19. The van der Waals surface area contributed by atoms with Gasteiger partial charge >= 0.3 is 0 Å². The Bertz CT molecular complexity index is 642. The average Bonchev–Trinajstić information content (AvgIpc) is 3.16. The fourth-order valence-electron chi connectivity index (χ4n) is 4.19. The summed E-state index contributed by atoms with van der Waals surface area (Å²) in [4.78, 5) is 19.1. The topological polar surface area (TPSA) is 71.0 Å². The lowest BCUT2D eigenvalue weighted by Gasteiger charge is -2.40. The van der Waals surface area contributed by atoms with Gasteiger partial charge in [0.1, 0.15) is 0 Å². The van der Waals surface area contributed by atoms with Crippen LogP contribution in [-0.4, -0.2) is 80.3 Å². The van der Waals surface area contributed by atoms with E-state index >= 15 is 0 Å². The summed E-state index contributed by atoms with van der Waals surface area (Å²) in [6.07, 6.45) is 3.30. The largest absolute Gasteiger partial charge is 0.361 e. The molecule has 0 atom stereocenters. The monoisotopic (exact) mass is 375 g/mol. The summed E-state index contributed by atoms with van der Waals surface area (Å²) in [5.74, 6) is 1.72. The highest BCUT2D eigenvalue weighted by Crippen LogP contribution is 2.32. The van der Waals surface area contributed by atoms with E-state index in [1.54, 1.807) is 0 Å². The molecule has 0 unspecified atom stereocenters. The van der Waals surface area contributed by atoms with E-state index in [4.69, 9.17) is 9.47 Å². The SMILES string of the molecule is CN(C)c1ccc(N2CCC(C(=O)N3CCC4(CC3)OCCO4)CC2)nn1. The van der Waals surface area contributed by atoms with Gasteiger partial charge in [0.25, 0.3) is 0 Å². The zero-order valence-corrected chi connectivity index (χ0v) is 16.3. The maximum Gasteiger partial charge on any atom is 0.225 e. The van der Waals surface area contributed by atoms with Gasteiger partial charge in [0, 0.05) is 59.0 Å². The van der Waals surface area contributed by atoms with Gasteiger partial charge < -0.3 is 24.2 Å². The molecule has 3 fully saturated rings. The molecule has 1 spiro atoms. The summed E-state index contributed by atoms with van der Waals surface area (Å²) >= 11 is 0. The van der Waals surface area contributed by atoms with Crippen molar-refractivity contribution in [1.29, 1.82) is 0 Å². The normalized spacial score (nSPS) is 23.0. The molecule has 4 rings (SSSR count). The lowest BCUT2D eigenvalue weighted by molar-refractivity contribution is -0.188. The van der Waals surface area contributed by atoms with E-state index in [1.807, 2.05) is 36.0 Å².